The van der Waals surface area contributed by atoms with E-state index in [0.717, 1.165) is 0 Å². The molecular weight excluding hydrogens is 458 g/mol. The van der Waals surface area contributed by atoms with Crippen molar-refractivity contribution in [2.75, 3.05) is 27.9 Å². The second-order valence-corrected chi connectivity index (χ2v) is 7.97. The Kier molecular flexibility index (Phi) is 7.85. The summed E-state index contributed by atoms with van der Waals surface area (Å²) in [7, 11) is 4.48. The molecule has 0 bridgehead atoms. The molecular formula is C25H27NO9. The number of benzene rings is 2. The molecule has 0 fully saturated rings. The van der Waals surface area contributed by atoms with Crippen molar-refractivity contribution in [3.63, 3.8) is 0 Å². The summed E-state index contributed by atoms with van der Waals surface area (Å²) < 4.78 is 27.2. The lowest BCUT2D eigenvalue weighted by atomic mass is 10.1. The van der Waals surface area contributed by atoms with Crippen LogP contribution in [0.25, 0.3) is 6.08 Å². The van der Waals surface area contributed by atoms with Crippen molar-refractivity contribution >= 4 is 23.7 Å². The summed E-state index contributed by atoms with van der Waals surface area (Å²) in [5.41, 5.74) is 0.938. The van der Waals surface area contributed by atoms with Gasteiger partial charge in [-0.3, -0.25) is 9.59 Å². The van der Waals surface area contributed by atoms with Gasteiger partial charge in [0.1, 0.15) is 17.5 Å². The van der Waals surface area contributed by atoms with Crippen LogP contribution in [-0.2, 0) is 9.59 Å². The van der Waals surface area contributed by atoms with Crippen molar-refractivity contribution in [1.29, 1.82) is 0 Å². The third-order valence-corrected chi connectivity index (χ3v) is 5.25. The van der Waals surface area contributed by atoms with Gasteiger partial charge >= 0.3 is 5.97 Å². The fraction of sp³-hybridized carbons (Fsp3) is 0.320. The van der Waals surface area contributed by atoms with Crippen LogP contribution in [-0.4, -0.2) is 56.7 Å². The fourth-order valence-corrected chi connectivity index (χ4v) is 3.47. The summed E-state index contributed by atoms with van der Waals surface area (Å²) in [5, 5.41) is 11.6. The molecule has 0 radical (unpaired) electrons. The number of carboxylic acid groups (broad SMARTS) is 1. The van der Waals surface area contributed by atoms with Gasteiger partial charge in [0.15, 0.2) is 23.9 Å². The maximum atomic E-state index is 12.8. The molecule has 1 heterocycles. The molecule has 10 heteroatoms. The molecule has 186 valence electrons. The van der Waals surface area contributed by atoms with Crippen molar-refractivity contribution in [3.8, 4) is 28.7 Å². The zero-order chi connectivity index (χ0) is 25.7. The summed E-state index contributed by atoms with van der Waals surface area (Å²) in [4.78, 5) is 36.2. The van der Waals surface area contributed by atoms with Gasteiger partial charge in [0.25, 0.3) is 5.91 Å². The van der Waals surface area contributed by atoms with Gasteiger partial charge in [-0.1, -0.05) is 13.8 Å². The molecule has 0 spiro atoms. The van der Waals surface area contributed by atoms with Gasteiger partial charge in [-0.2, -0.15) is 0 Å². The molecule has 1 atom stereocenters. The first-order valence-corrected chi connectivity index (χ1v) is 10.7. The van der Waals surface area contributed by atoms with E-state index in [4.69, 9.17) is 23.7 Å². The van der Waals surface area contributed by atoms with E-state index < -0.39 is 24.5 Å². The Hall–Kier alpha value is -4.21. The molecule has 1 aliphatic heterocycles. The molecule has 1 unspecified atom stereocenters. The third kappa shape index (κ3) is 5.65. The molecule has 10 nitrogen and oxygen atoms in total. The van der Waals surface area contributed by atoms with Crippen LogP contribution in [0.15, 0.2) is 36.1 Å². The summed E-state index contributed by atoms with van der Waals surface area (Å²) in [6.07, 6.45) is 1.55. The minimum absolute atomic E-state index is 0.0883. The first-order chi connectivity index (χ1) is 16.7. The molecule has 1 aliphatic rings. The molecule has 35 heavy (non-hydrogen) atoms. The average molecular weight is 485 g/mol. The smallest absolute Gasteiger partial charge is 0.326 e. The summed E-state index contributed by atoms with van der Waals surface area (Å²) in [6.45, 7) is 2.99. The van der Waals surface area contributed by atoms with Crippen molar-refractivity contribution in [2.45, 2.75) is 19.9 Å². The standard InChI is InChI=1S/C25H27NO9/c1-13(2)22(25(29)30)26-21(27)12-34-15-6-7-16-17(11-15)35-18(23(16)28)8-14-9-19(31-3)24(33-5)20(10-14)32-4/h6-11,13,22H,12H2,1-5H3,(H,26,27)(H,29,30). The van der Waals surface area contributed by atoms with Gasteiger partial charge in [-0.15, -0.1) is 0 Å². The normalized spacial score (nSPS) is 14.2. The van der Waals surface area contributed by atoms with Crippen LogP contribution in [0.4, 0.5) is 0 Å². The highest BCUT2D eigenvalue weighted by Crippen LogP contribution is 2.40. The number of amides is 1. The molecule has 3 rings (SSSR count). The van der Waals surface area contributed by atoms with Crippen LogP contribution in [0.2, 0.25) is 0 Å². The molecule has 1 amide bonds. The average Bonchev–Trinajstić information content (AvgIpc) is 3.14. The van der Waals surface area contributed by atoms with E-state index in [2.05, 4.69) is 5.32 Å². The number of aliphatic carboxylic acids is 1. The van der Waals surface area contributed by atoms with E-state index in [1.807, 2.05) is 0 Å². The van der Waals surface area contributed by atoms with Crippen LogP contribution >= 0.6 is 0 Å². The lowest BCUT2D eigenvalue weighted by Crippen LogP contribution is -2.46. The Bertz CT molecular complexity index is 1140. The molecule has 0 saturated heterocycles. The van der Waals surface area contributed by atoms with Crippen LogP contribution in [0.3, 0.4) is 0 Å². The molecule has 0 saturated carbocycles. The van der Waals surface area contributed by atoms with Gasteiger partial charge in [0.2, 0.25) is 11.5 Å². The highest BCUT2D eigenvalue weighted by atomic mass is 16.5. The molecule has 2 aromatic rings. The van der Waals surface area contributed by atoms with Gasteiger partial charge in [-0.25, -0.2) is 4.79 Å². The first kappa shape index (κ1) is 25.4. The Morgan fingerprint density at radius 2 is 1.71 bits per heavy atom. The largest absolute Gasteiger partial charge is 0.493 e. The van der Waals surface area contributed by atoms with Crippen molar-refractivity contribution < 1.29 is 43.2 Å². The van der Waals surface area contributed by atoms with E-state index in [0.29, 0.717) is 28.4 Å². The van der Waals surface area contributed by atoms with Crippen LogP contribution in [0, 0.1) is 5.92 Å². The lowest BCUT2D eigenvalue weighted by Gasteiger charge is -2.18. The van der Waals surface area contributed by atoms with Crippen molar-refractivity contribution in [2.24, 2.45) is 5.92 Å². The predicted molar refractivity (Wildman–Crippen MR) is 125 cm³/mol. The molecule has 2 N–H and O–H groups in total. The van der Waals surface area contributed by atoms with Gasteiger partial charge < -0.3 is 34.1 Å². The highest BCUT2D eigenvalue weighted by Gasteiger charge is 2.28. The van der Waals surface area contributed by atoms with Crippen molar-refractivity contribution in [3.05, 3.63) is 47.2 Å². The zero-order valence-corrected chi connectivity index (χ0v) is 20.0. The monoisotopic (exact) mass is 485 g/mol. The predicted octanol–water partition coefficient (Wildman–Crippen LogP) is 2.93. The summed E-state index contributed by atoms with van der Waals surface area (Å²) in [5.74, 6) is -0.369. The number of ether oxygens (including phenoxy) is 5. The molecule has 2 aromatic carbocycles. The Balaban J connectivity index is 1.74. The number of ketones is 1. The van der Waals surface area contributed by atoms with Gasteiger partial charge in [-0.05, 0) is 41.8 Å². The Labute approximate surface area is 202 Å². The van der Waals surface area contributed by atoms with Crippen LogP contribution < -0.4 is 29.0 Å². The number of methoxy groups -OCH3 is 3. The number of hydrogen-bond donors (Lipinski definition) is 2. The Morgan fingerprint density at radius 1 is 1.06 bits per heavy atom. The maximum absolute atomic E-state index is 12.8. The minimum Gasteiger partial charge on any atom is -0.493 e. The number of rotatable bonds is 10. The van der Waals surface area contributed by atoms with E-state index in [1.165, 1.54) is 39.5 Å². The highest BCUT2D eigenvalue weighted by molar-refractivity contribution is 6.14. The number of nitrogens with one attached hydrogen (secondary N) is 1. The van der Waals surface area contributed by atoms with Crippen LogP contribution in [0.1, 0.15) is 29.8 Å². The fourth-order valence-electron chi connectivity index (χ4n) is 3.47. The second kappa shape index (κ2) is 10.8. The van der Waals surface area contributed by atoms with E-state index in [-0.39, 0.29) is 29.0 Å². The number of allylic oxidation sites excluding steroid dienone is 1. The number of carboxylic acids is 1. The maximum Gasteiger partial charge on any atom is 0.326 e. The first-order valence-electron chi connectivity index (χ1n) is 10.7. The SMILES string of the molecule is COc1cc(C=C2Oc3cc(OCC(=O)NC(C(=O)O)C(C)C)ccc3C2=O)cc(OC)c1OC. The van der Waals surface area contributed by atoms with E-state index in [9.17, 15) is 19.5 Å². The number of carbonyl (C=O) groups excluding carboxylic acids is 2. The summed E-state index contributed by atoms with van der Waals surface area (Å²) in [6, 6.07) is 6.91. The topological polar surface area (TPSA) is 130 Å². The quantitative estimate of drug-likeness (QED) is 0.488. The number of hydrogen-bond acceptors (Lipinski definition) is 8. The molecule has 0 aromatic heterocycles. The molecule has 0 aliphatic carbocycles. The summed E-state index contributed by atoms with van der Waals surface area (Å²) >= 11 is 0. The van der Waals surface area contributed by atoms with E-state index >= 15 is 0 Å². The lowest BCUT2D eigenvalue weighted by molar-refractivity contribution is -0.143. The van der Waals surface area contributed by atoms with Crippen molar-refractivity contribution in [1.82, 2.24) is 5.32 Å². The number of carbonyl (C=O) groups is 3. The van der Waals surface area contributed by atoms with Gasteiger partial charge in [0, 0.05) is 6.07 Å². The second-order valence-electron chi connectivity index (χ2n) is 7.97. The number of fused-ring (bicyclic) bond motifs is 1. The Morgan fingerprint density at radius 3 is 2.26 bits per heavy atom. The van der Waals surface area contributed by atoms with E-state index in [1.54, 1.807) is 32.1 Å². The third-order valence-electron chi connectivity index (χ3n) is 5.25. The number of Topliss-reactive ketones (excluding diaryl/α,β-unsaturated/α-hetero) is 1. The zero-order valence-electron chi connectivity index (χ0n) is 20.0. The minimum atomic E-state index is -1.12. The van der Waals surface area contributed by atoms with Gasteiger partial charge in [0.05, 0.1) is 26.9 Å². The van der Waals surface area contributed by atoms with Crippen LogP contribution in [0.5, 0.6) is 28.7 Å².